The van der Waals surface area contributed by atoms with Crippen molar-refractivity contribution in [2.45, 2.75) is 19.0 Å². The molecule has 2 heterocycles. The molecule has 0 saturated heterocycles. The standard InChI is InChI=1S/C20H18N2/c1-13-15-12-11-14-7-3-4-8-16(14)19(15)22-18-10-6-5-9-17(18)21(2)20(13)22/h3-13,20H,1-2H3. The van der Waals surface area contributed by atoms with Crippen LogP contribution in [0.4, 0.5) is 17.1 Å². The Labute approximate surface area is 130 Å². The summed E-state index contributed by atoms with van der Waals surface area (Å²) in [4.78, 5) is 4.96. The predicted molar refractivity (Wildman–Crippen MR) is 93.1 cm³/mol. The van der Waals surface area contributed by atoms with Crippen LogP contribution in [0, 0.1) is 0 Å². The highest BCUT2D eigenvalue weighted by Crippen LogP contribution is 2.55. The third-order valence-corrected chi connectivity index (χ3v) is 5.29. The van der Waals surface area contributed by atoms with Gasteiger partial charge >= 0.3 is 0 Å². The zero-order valence-corrected chi connectivity index (χ0v) is 12.8. The molecule has 2 aliphatic heterocycles. The molecule has 2 nitrogen and oxygen atoms in total. The summed E-state index contributed by atoms with van der Waals surface area (Å²) in [6.45, 7) is 2.35. The van der Waals surface area contributed by atoms with E-state index in [-0.39, 0.29) is 0 Å². The van der Waals surface area contributed by atoms with E-state index >= 15 is 0 Å². The zero-order chi connectivity index (χ0) is 14.8. The molecule has 2 unspecified atom stereocenters. The van der Waals surface area contributed by atoms with Gasteiger partial charge in [-0.15, -0.1) is 0 Å². The van der Waals surface area contributed by atoms with Gasteiger partial charge < -0.3 is 9.80 Å². The molecular weight excluding hydrogens is 268 g/mol. The molecule has 0 bridgehead atoms. The SMILES string of the molecule is CC1c2ccc3ccccc3c2N2c3ccccc3N(C)C12. The number of nitrogens with zero attached hydrogens (tertiary/aromatic N) is 2. The molecular formula is C20H18N2. The van der Waals surface area contributed by atoms with Gasteiger partial charge in [0, 0.05) is 18.4 Å². The Bertz CT molecular complexity index is 899. The molecule has 0 amide bonds. The van der Waals surface area contributed by atoms with E-state index < -0.39 is 0 Å². The number of likely N-dealkylation sites (N-methyl/N-ethyl adjacent to an activating group) is 1. The monoisotopic (exact) mass is 286 g/mol. The van der Waals surface area contributed by atoms with Gasteiger partial charge in [-0.2, -0.15) is 0 Å². The molecule has 0 radical (unpaired) electrons. The van der Waals surface area contributed by atoms with Crippen LogP contribution in [0.3, 0.4) is 0 Å². The van der Waals surface area contributed by atoms with Crippen LogP contribution in [-0.2, 0) is 0 Å². The lowest BCUT2D eigenvalue weighted by atomic mass is 9.97. The van der Waals surface area contributed by atoms with Crippen molar-refractivity contribution in [2.75, 3.05) is 16.8 Å². The maximum atomic E-state index is 2.54. The lowest BCUT2D eigenvalue weighted by Gasteiger charge is -2.27. The summed E-state index contributed by atoms with van der Waals surface area (Å²) in [6.07, 6.45) is 0.387. The first-order chi connectivity index (χ1) is 10.8. The molecule has 5 rings (SSSR count). The van der Waals surface area contributed by atoms with Crippen LogP contribution < -0.4 is 9.80 Å². The van der Waals surface area contributed by atoms with Crippen molar-refractivity contribution < 1.29 is 0 Å². The fraction of sp³-hybridized carbons (Fsp3) is 0.200. The molecule has 0 N–H and O–H groups in total. The van der Waals surface area contributed by atoms with Gasteiger partial charge in [-0.1, -0.05) is 55.5 Å². The van der Waals surface area contributed by atoms with E-state index in [1.807, 2.05) is 0 Å². The number of hydrogen-bond donors (Lipinski definition) is 0. The normalized spacial score (nSPS) is 21.9. The molecule has 2 aliphatic rings. The molecule has 0 aliphatic carbocycles. The fourth-order valence-corrected chi connectivity index (χ4v) is 4.30. The smallest absolute Gasteiger partial charge is 0.113 e. The highest BCUT2D eigenvalue weighted by atomic mass is 15.4. The Morgan fingerprint density at radius 3 is 2.41 bits per heavy atom. The molecule has 3 aromatic rings. The summed E-state index contributed by atoms with van der Waals surface area (Å²) >= 11 is 0. The van der Waals surface area contributed by atoms with E-state index in [0.29, 0.717) is 12.1 Å². The van der Waals surface area contributed by atoms with Crippen LogP contribution in [0.2, 0.25) is 0 Å². The van der Waals surface area contributed by atoms with Gasteiger partial charge in [0.05, 0.1) is 17.1 Å². The Morgan fingerprint density at radius 1 is 0.818 bits per heavy atom. The van der Waals surface area contributed by atoms with Crippen molar-refractivity contribution in [1.82, 2.24) is 0 Å². The van der Waals surface area contributed by atoms with Crippen LogP contribution in [0.1, 0.15) is 18.4 Å². The summed E-state index contributed by atoms with van der Waals surface area (Å²) in [5.41, 5.74) is 5.52. The van der Waals surface area contributed by atoms with Crippen molar-refractivity contribution >= 4 is 27.8 Å². The maximum Gasteiger partial charge on any atom is 0.113 e. The average molecular weight is 286 g/mol. The van der Waals surface area contributed by atoms with E-state index in [0.717, 1.165) is 0 Å². The van der Waals surface area contributed by atoms with Crippen molar-refractivity contribution in [3.05, 3.63) is 66.2 Å². The van der Waals surface area contributed by atoms with Gasteiger partial charge in [0.2, 0.25) is 0 Å². The summed E-state index contributed by atoms with van der Waals surface area (Å²) in [7, 11) is 2.22. The molecule has 0 aromatic heterocycles. The molecule has 22 heavy (non-hydrogen) atoms. The van der Waals surface area contributed by atoms with E-state index in [9.17, 15) is 0 Å². The fourth-order valence-electron chi connectivity index (χ4n) is 4.30. The maximum absolute atomic E-state index is 2.54. The predicted octanol–water partition coefficient (Wildman–Crippen LogP) is 4.87. The van der Waals surface area contributed by atoms with E-state index in [1.165, 1.54) is 33.4 Å². The number of rotatable bonds is 0. The van der Waals surface area contributed by atoms with Crippen LogP contribution in [0.5, 0.6) is 0 Å². The van der Waals surface area contributed by atoms with Crippen molar-refractivity contribution in [2.24, 2.45) is 0 Å². The quantitative estimate of drug-likeness (QED) is 0.581. The van der Waals surface area contributed by atoms with Crippen LogP contribution in [0.15, 0.2) is 60.7 Å². The number of anilines is 3. The van der Waals surface area contributed by atoms with E-state index in [2.05, 4.69) is 84.4 Å². The van der Waals surface area contributed by atoms with Crippen molar-refractivity contribution in [1.29, 1.82) is 0 Å². The number of para-hydroxylation sites is 2. The first-order valence-corrected chi connectivity index (χ1v) is 7.90. The molecule has 2 atom stereocenters. The third-order valence-electron chi connectivity index (χ3n) is 5.29. The molecule has 3 aromatic carbocycles. The second-order valence-electron chi connectivity index (χ2n) is 6.40. The summed E-state index contributed by atoms with van der Waals surface area (Å²) in [5, 5.41) is 2.68. The Balaban J connectivity index is 1.87. The lowest BCUT2D eigenvalue weighted by molar-refractivity contribution is 0.605. The first-order valence-electron chi connectivity index (χ1n) is 7.90. The summed E-state index contributed by atoms with van der Waals surface area (Å²) in [6, 6.07) is 22.1. The highest BCUT2D eigenvalue weighted by molar-refractivity contribution is 6.02. The van der Waals surface area contributed by atoms with Crippen LogP contribution in [-0.4, -0.2) is 13.2 Å². The minimum absolute atomic E-state index is 0.387. The number of hydrogen-bond acceptors (Lipinski definition) is 2. The van der Waals surface area contributed by atoms with Gasteiger partial charge in [-0.25, -0.2) is 0 Å². The molecule has 108 valence electrons. The highest BCUT2D eigenvalue weighted by Gasteiger charge is 2.45. The van der Waals surface area contributed by atoms with Crippen molar-refractivity contribution in [3.8, 4) is 0 Å². The van der Waals surface area contributed by atoms with Crippen molar-refractivity contribution in [3.63, 3.8) is 0 Å². The van der Waals surface area contributed by atoms with E-state index in [4.69, 9.17) is 0 Å². The Kier molecular flexibility index (Phi) is 2.22. The minimum atomic E-state index is 0.387. The van der Waals surface area contributed by atoms with Crippen LogP contribution in [0.25, 0.3) is 10.8 Å². The summed E-state index contributed by atoms with van der Waals surface area (Å²) in [5.74, 6) is 0.497. The van der Waals surface area contributed by atoms with Gasteiger partial charge in [-0.3, -0.25) is 0 Å². The first kappa shape index (κ1) is 12.1. The second kappa shape index (κ2) is 4.04. The molecule has 0 saturated carbocycles. The Hall–Kier alpha value is -2.48. The van der Waals surface area contributed by atoms with Crippen LogP contribution >= 0.6 is 0 Å². The average Bonchev–Trinajstić information content (AvgIpc) is 3.03. The second-order valence-corrected chi connectivity index (χ2v) is 6.40. The lowest BCUT2D eigenvalue weighted by Crippen LogP contribution is -2.38. The third kappa shape index (κ3) is 1.31. The molecule has 2 heteroatoms. The minimum Gasteiger partial charge on any atom is -0.352 e. The number of fused-ring (bicyclic) bond motifs is 7. The van der Waals surface area contributed by atoms with Gasteiger partial charge in [0.15, 0.2) is 0 Å². The molecule has 0 fully saturated rings. The Morgan fingerprint density at radius 2 is 1.55 bits per heavy atom. The van der Waals surface area contributed by atoms with E-state index in [1.54, 1.807) is 0 Å². The van der Waals surface area contributed by atoms with Gasteiger partial charge in [0.1, 0.15) is 6.17 Å². The number of benzene rings is 3. The topological polar surface area (TPSA) is 6.48 Å². The summed E-state index contributed by atoms with van der Waals surface area (Å²) < 4.78 is 0. The van der Waals surface area contributed by atoms with Gasteiger partial charge in [0.25, 0.3) is 0 Å². The van der Waals surface area contributed by atoms with Gasteiger partial charge in [-0.05, 0) is 23.1 Å². The zero-order valence-electron chi connectivity index (χ0n) is 12.8. The largest absolute Gasteiger partial charge is 0.352 e. The molecule has 0 spiro atoms.